The van der Waals surface area contributed by atoms with Crippen molar-refractivity contribution in [3.8, 4) is 17.0 Å². The zero-order valence-corrected chi connectivity index (χ0v) is 27.9. The highest BCUT2D eigenvalue weighted by molar-refractivity contribution is 9.11. The first-order valence-corrected chi connectivity index (χ1v) is 16.0. The first-order valence-electron chi connectivity index (χ1n) is 13.1. The quantitative estimate of drug-likeness (QED) is 0.0977. The molecule has 0 bridgehead atoms. The van der Waals surface area contributed by atoms with E-state index in [1.165, 1.54) is 17.6 Å². The van der Waals surface area contributed by atoms with E-state index in [-0.39, 0.29) is 18.4 Å². The lowest BCUT2D eigenvalue weighted by molar-refractivity contribution is -0.118. The van der Waals surface area contributed by atoms with Gasteiger partial charge in [-0.25, -0.2) is 10.4 Å². The van der Waals surface area contributed by atoms with Gasteiger partial charge in [0.05, 0.1) is 20.9 Å². The van der Waals surface area contributed by atoms with Crippen LogP contribution in [0.1, 0.15) is 21.5 Å². The van der Waals surface area contributed by atoms with Crippen molar-refractivity contribution < 1.29 is 14.3 Å². The summed E-state index contributed by atoms with van der Waals surface area (Å²) in [6, 6.07) is 25.8. The van der Waals surface area contributed by atoms with E-state index in [2.05, 4.69) is 58.0 Å². The Morgan fingerprint density at radius 3 is 2.41 bits per heavy atom. The Hall–Kier alpha value is -4.03. The summed E-state index contributed by atoms with van der Waals surface area (Å²) in [6.45, 7) is 1.68. The van der Waals surface area contributed by atoms with Gasteiger partial charge in [0.25, 0.3) is 11.8 Å². The average molecular weight is 754 g/mol. The number of ether oxygens (including phenoxy) is 1. The van der Waals surface area contributed by atoms with Gasteiger partial charge in [0, 0.05) is 32.9 Å². The standard InChI is InChI=1S/C32H24Br2ClN5O3S/c1-19-7-12-24(15-27(19)35)37-29(41)17-43-30-25(33)13-20(14-26(30)34)16-36-40-31(42)22-10-8-21(9-11-22)28-18-44-32(39-28)38-23-5-3-2-4-6-23/h2-16,18H,17H2,1H3,(H,37,41)(H,38,39)(H,40,42)/b36-16+. The molecule has 5 rings (SSSR count). The molecule has 0 aliphatic carbocycles. The molecular weight excluding hydrogens is 730 g/mol. The Bertz CT molecular complexity index is 1810. The first kappa shape index (κ1) is 31.4. The highest BCUT2D eigenvalue weighted by atomic mass is 79.9. The lowest BCUT2D eigenvalue weighted by Crippen LogP contribution is -2.20. The fraction of sp³-hybridized carbons (Fsp3) is 0.0625. The van der Waals surface area contributed by atoms with Gasteiger partial charge in [0.1, 0.15) is 5.75 Å². The van der Waals surface area contributed by atoms with Gasteiger partial charge in [0.2, 0.25) is 0 Å². The van der Waals surface area contributed by atoms with Crippen LogP contribution in [0.5, 0.6) is 5.75 Å². The van der Waals surface area contributed by atoms with E-state index < -0.39 is 0 Å². The molecule has 0 saturated carbocycles. The first-order chi connectivity index (χ1) is 21.2. The molecule has 1 heterocycles. The molecule has 12 heteroatoms. The summed E-state index contributed by atoms with van der Waals surface area (Å²) in [5.74, 6) is -0.232. The zero-order valence-electron chi connectivity index (χ0n) is 23.1. The molecule has 222 valence electrons. The molecule has 8 nitrogen and oxygen atoms in total. The predicted molar refractivity (Wildman–Crippen MR) is 184 cm³/mol. The Kier molecular flexibility index (Phi) is 10.4. The van der Waals surface area contributed by atoms with Gasteiger partial charge in [-0.3, -0.25) is 9.59 Å². The van der Waals surface area contributed by atoms with E-state index in [9.17, 15) is 9.59 Å². The van der Waals surface area contributed by atoms with Crippen molar-refractivity contribution in [2.75, 3.05) is 17.2 Å². The Morgan fingerprint density at radius 1 is 0.977 bits per heavy atom. The van der Waals surface area contributed by atoms with Gasteiger partial charge < -0.3 is 15.4 Å². The molecular formula is C32H24Br2ClN5O3S. The van der Waals surface area contributed by atoms with Crippen molar-refractivity contribution in [2.24, 2.45) is 5.10 Å². The number of nitrogens with zero attached hydrogens (tertiary/aromatic N) is 2. The Labute approximate surface area is 279 Å². The summed E-state index contributed by atoms with van der Waals surface area (Å²) < 4.78 is 6.93. The number of nitrogens with one attached hydrogen (secondary N) is 3. The molecule has 5 aromatic rings. The molecule has 0 unspecified atom stereocenters. The van der Waals surface area contributed by atoms with E-state index in [4.69, 9.17) is 16.3 Å². The topological polar surface area (TPSA) is 105 Å². The third kappa shape index (κ3) is 8.32. The second kappa shape index (κ2) is 14.6. The van der Waals surface area contributed by atoms with Crippen molar-refractivity contribution in [3.05, 3.63) is 121 Å². The maximum Gasteiger partial charge on any atom is 0.271 e. The molecule has 0 spiro atoms. The number of carbonyl (C=O) groups excluding carboxylic acids is 2. The number of aryl methyl sites for hydroxylation is 1. The van der Waals surface area contributed by atoms with Crippen LogP contribution in [0.15, 0.2) is 104 Å². The third-order valence-corrected chi connectivity index (χ3v) is 8.52. The average Bonchev–Trinajstić information content (AvgIpc) is 3.47. The smallest absolute Gasteiger partial charge is 0.271 e. The lowest BCUT2D eigenvalue weighted by Gasteiger charge is -2.12. The number of hydrogen-bond acceptors (Lipinski definition) is 7. The molecule has 0 fully saturated rings. The zero-order chi connectivity index (χ0) is 31.1. The number of aromatic nitrogens is 1. The summed E-state index contributed by atoms with van der Waals surface area (Å²) in [5.41, 5.74) is 7.88. The summed E-state index contributed by atoms with van der Waals surface area (Å²) in [7, 11) is 0. The van der Waals surface area contributed by atoms with Crippen LogP contribution in [0, 0.1) is 6.92 Å². The number of anilines is 3. The maximum atomic E-state index is 12.7. The molecule has 3 N–H and O–H groups in total. The molecule has 1 aromatic heterocycles. The fourth-order valence-corrected chi connectivity index (χ4v) is 6.30. The van der Waals surface area contributed by atoms with Crippen LogP contribution in [0.4, 0.5) is 16.5 Å². The summed E-state index contributed by atoms with van der Waals surface area (Å²) >= 11 is 14.6. The highest BCUT2D eigenvalue weighted by Crippen LogP contribution is 2.34. The third-order valence-electron chi connectivity index (χ3n) is 6.18. The van der Waals surface area contributed by atoms with E-state index >= 15 is 0 Å². The molecule has 0 aliphatic heterocycles. The van der Waals surface area contributed by atoms with Crippen molar-refractivity contribution in [1.82, 2.24) is 10.4 Å². The molecule has 0 radical (unpaired) electrons. The number of hydrazone groups is 1. The van der Waals surface area contributed by atoms with Crippen LogP contribution in [-0.4, -0.2) is 29.6 Å². The second-order valence-electron chi connectivity index (χ2n) is 9.42. The Morgan fingerprint density at radius 2 is 1.70 bits per heavy atom. The van der Waals surface area contributed by atoms with Crippen LogP contribution in [0.2, 0.25) is 5.02 Å². The number of carbonyl (C=O) groups is 2. The van der Waals surface area contributed by atoms with Crippen LogP contribution in [-0.2, 0) is 4.79 Å². The molecule has 2 amide bonds. The fourth-order valence-electron chi connectivity index (χ4n) is 3.93. The minimum atomic E-state index is -0.350. The van der Waals surface area contributed by atoms with Gasteiger partial charge >= 0.3 is 0 Å². The number of para-hydroxylation sites is 1. The normalized spacial score (nSPS) is 10.9. The van der Waals surface area contributed by atoms with Gasteiger partial charge in [-0.05, 0) is 98.4 Å². The number of halogens is 3. The van der Waals surface area contributed by atoms with Crippen molar-refractivity contribution in [1.29, 1.82) is 0 Å². The molecule has 44 heavy (non-hydrogen) atoms. The molecule has 4 aromatic carbocycles. The number of hydrogen-bond donors (Lipinski definition) is 3. The Balaban J connectivity index is 1.13. The van der Waals surface area contributed by atoms with Gasteiger partial charge in [-0.1, -0.05) is 48.0 Å². The maximum absolute atomic E-state index is 12.7. The predicted octanol–water partition coefficient (Wildman–Crippen LogP) is 8.82. The van der Waals surface area contributed by atoms with Gasteiger partial charge in [-0.2, -0.15) is 5.10 Å². The summed E-state index contributed by atoms with van der Waals surface area (Å²) in [6.07, 6.45) is 1.51. The van der Waals surface area contributed by atoms with Gasteiger partial charge in [-0.15, -0.1) is 11.3 Å². The van der Waals surface area contributed by atoms with E-state index in [1.807, 2.05) is 60.8 Å². The van der Waals surface area contributed by atoms with Crippen LogP contribution < -0.4 is 20.8 Å². The minimum Gasteiger partial charge on any atom is -0.481 e. The van der Waals surface area contributed by atoms with Crippen LogP contribution in [0.25, 0.3) is 11.3 Å². The number of amides is 2. The van der Waals surface area contributed by atoms with E-state index in [0.29, 0.717) is 36.5 Å². The van der Waals surface area contributed by atoms with Crippen molar-refractivity contribution in [2.45, 2.75) is 6.92 Å². The van der Waals surface area contributed by atoms with Gasteiger partial charge in [0.15, 0.2) is 11.7 Å². The number of benzene rings is 4. The second-order valence-corrected chi connectivity index (χ2v) is 12.4. The molecule has 0 aliphatic rings. The largest absolute Gasteiger partial charge is 0.481 e. The lowest BCUT2D eigenvalue weighted by atomic mass is 10.1. The van der Waals surface area contributed by atoms with Crippen molar-refractivity contribution >= 4 is 89.3 Å². The van der Waals surface area contributed by atoms with Crippen molar-refractivity contribution in [3.63, 3.8) is 0 Å². The summed E-state index contributed by atoms with van der Waals surface area (Å²) in [4.78, 5) is 29.7. The van der Waals surface area contributed by atoms with E-state index in [1.54, 1.807) is 36.4 Å². The monoisotopic (exact) mass is 751 g/mol. The minimum absolute atomic E-state index is 0.209. The summed E-state index contributed by atoms with van der Waals surface area (Å²) in [5, 5.41) is 13.5. The SMILES string of the molecule is Cc1ccc(NC(=O)COc2c(Br)cc(/C=N/NC(=O)c3ccc(-c4csc(Nc5ccccc5)n4)cc3)cc2Br)cc1Cl. The van der Waals surface area contributed by atoms with Crippen LogP contribution in [0.3, 0.4) is 0 Å². The van der Waals surface area contributed by atoms with E-state index in [0.717, 1.165) is 27.6 Å². The highest BCUT2D eigenvalue weighted by Gasteiger charge is 2.12. The number of rotatable bonds is 10. The van der Waals surface area contributed by atoms with Crippen LogP contribution >= 0.6 is 54.8 Å². The molecule has 0 atom stereocenters. The molecule has 0 saturated heterocycles. The number of thiazole rings is 1.